The summed E-state index contributed by atoms with van der Waals surface area (Å²) in [6.07, 6.45) is 2.75. The van der Waals surface area contributed by atoms with Gasteiger partial charge in [-0.05, 0) is 32.3 Å². The highest BCUT2D eigenvalue weighted by molar-refractivity contribution is 5.90. The quantitative estimate of drug-likeness (QED) is 0.793. The van der Waals surface area contributed by atoms with Crippen LogP contribution in [-0.4, -0.2) is 42.9 Å². The average Bonchev–Trinajstić information content (AvgIpc) is 3.00. The van der Waals surface area contributed by atoms with E-state index in [0.717, 1.165) is 6.42 Å². The van der Waals surface area contributed by atoms with Crippen LogP contribution in [-0.2, 0) is 20.9 Å². The first-order valence-corrected chi connectivity index (χ1v) is 8.69. The molecule has 1 aliphatic heterocycles. The Kier molecular flexibility index (Phi) is 6.61. The Morgan fingerprint density at radius 2 is 2.00 bits per heavy atom. The predicted molar refractivity (Wildman–Crippen MR) is 90.8 cm³/mol. The van der Waals surface area contributed by atoms with Crippen LogP contribution in [0.5, 0.6) is 0 Å². The number of esters is 1. The van der Waals surface area contributed by atoms with Gasteiger partial charge in [0.05, 0.1) is 13.7 Å². The molecule has 0 bridgehead atoms. The van der Waals surface area contributed by atoms with Crippen LogP contribution in [0.4, 0.5) is 0 Å². The van der Waals surface area contributed by atoms with Gasteiger partial charge in [-0.3, -0.25) is 9.59 Å². The van der Waals surface area contributed by atoms with Crippen LogP contribution < -0.4 is 5.32 Å². The number of rotatable bonds is 6. The van der Waals surface area contributed by atoms with E-state index in [1.807, 2.05) is 11.8 Å². The molecule has 1 aromatic heterocycles. The number of likely N-dealkylation sites (tertiary alicyclic amines) is 1. The van der Waals surface area contributed by atoms with Crippen molar-refractivity contribution in [1.29, 1.82) is 0 Å². The minimum absolute atomic E-state index is 0.0451. The Balaban J connectivity index is 1.82. The first-order valence-electron chi connectivity index (χ1n) is 8.69. The Morgan fingerprint density at radius 3 is 2.60 bits per heavy atom. The lowest BCUT2D eigenvalue weighted by molar-refractivity contribution is -0.135. The number of nitrogens with one attached hydrogen (secondary N) is 1. The highest BCUT2D eigenvalue weighted by Crippen LogP contribution is 2.19. The summed E-state index contributed by atoms with van der Waals surface area (Å²) < 4.78 is 10.2. The fourth-order valence-corrected chi connectivity index (χ4v) is 3.03. The van der Waals surface area contributed by atoms with Crippen molar-refractivity contribution in [3.63, 3.8) is 0 Å². The van der Waals surface area contributed by atoms with Crippen molar-refractivity contribution in [2.45, 2.75) is 46.1 Å². The van der Waals surface area contributed by atoms with Crippen molar-refractivity contribution >= 4 is 17.8 Å². The number of nitrogens with zero attached hydrogens (tertiary/aromatic N) is 1. The van der Waals surface area contributed by atoms with Crippen molar-refractivity contribution < 1.29 is 23.5 Å². The molecule has 0 atom stereocenters. The number of hydrogen-bond acceptors (Lipinski definition) is 5. The van der Waals surface area contributed by atoms with E-state index in [9.17, 15) is 14.4 Å². The van der Waals surface area contributed by atoms with Gasteiger partial charge in [-0.25, -0.2) is 4.79 Å². The molecule has 0 unspecified atom stereocenters. The molecule has 2 rings (SSSR count). The third kappa shape index (κ3) is 4.84. The predicted octanol–water partition coefficient (Wildman–Crippen LogP) is 2.03. The van der Waals surface area contributed by atoms with Crippen molar-refractivity contribution in [2.75, 3.05) is 20.2 Å². The molecule has 7 nitrogen and oxygen atoms in total. The molecule has 7 heteroatoms. The van der Waals surface area contributed by atoms with Gasteiger partial charge in [-0.2, -0.15) is 0 Å². The second kappa shape index (κ2) is 8.69. The van der Waals surface area contributed by atoms with Gasteiger partial charge in [-0.1, -0.05) is 6.92 Å². The lowest BCUT2D eigenvalue weighted by Gasteiger charge is -2.31. The normalized spacial score (nSPS) is 15.1. The first kappa shape index (κ1) is 19.0. The van der Waals surface area contributed by atoms with Crippen LogP contribution in [0.2, 0.25) is 0 Å². The maximum absolute atomic E-state index is 12.3. The Hall–Kier alpha value is -2.31. The smallest absolute Gasteiger partial charge is 0.341 e. The number of aryl methyl sites for hydroxylation is 1. The van der Waals surface area contributed by atoms with Gasteiger partial charge in [0.15, 0.2) is 0 Å². The molecule has 0 radical (unpaired) electrons. The molecule has 2 amide bonds. The fourth-order valence-electron chi connectivity index (χ4n) is 3.03. The summed E-state index contributed by atoms with van der Waals surface area (Å²) in [5.41, 5.74) is 0.370. The number of furan rings is 1. The summed E-state index contributed by atoms with van der Waals surface area (Å²) in [5.74, 6) is 0.560. The number of hydrogen-bond donors (Lipinski definition) is 1. The molecular formula is C18H26N2O5. The van der Waals surface area contributed by atoms with Gasteiger partial charge < -0.3 is 19.4 Å². The van der Waals surface area contributed by atoms with E-state index < -0.39 is 5.97 Å². The van der Waals surface area contributed by atoms with Crippen LogP contribution in [0.15, 0.2) is 10.5 Å². The molecular weight excluding hydrogens is 324 g/mol. The van der Waals surface area contributed by atoms with E-state index >= 15 is 0 Å². The Labute approximate surface area is 147 Å². The molecule has 0 aliphatic carbocycles. The summed E-state index contributed by atoms with van der Waals surface area (Å²) in [6.45, 7) is 5.15. The largest absolute Gasteiger partial charge is 0.465 e. The minimum atomic E-state index is -0.456. The Morgan fingerprint density at radius 1 is 1.32 bits per heavy atom. The van der Waals surface area contributed by atoms with Crippen LogP contribution in [0.25, 0.3) is 0 Å². The molecule has 0 aromatic carbocycles. The molecule has 1 aromatic rings. The average molecular weight is 350 g/mol. The second-order valence-electron chi connectivity index (χ2n) is 6.30. The first-order chi connectivity index (χ1) is 12.0. The third-order valence-corrected chi connectivity index (χ3v) is 4.49. The summed E-state index contributed by atoms with van der Waals surface area (Å²) in [4.78, 5) is 37.6. The topological polar surface area (TPSA) is 88.9 Å². The van der Waals surface area contributed by atoms with Crippen LogP contribution in [0, 0.1) is 12.8 Å². The fraction of sp³-hybridized carbons (Fsp3) is 0.611. The van der Waals surface area contributed by atoms with Crippen molar-refractivity contribution in [3.05, 3.63) is 23.2 Å². The minimum Gasteiger partial charge on any atom is -0.465 e. The van der Waals surface area contributed by atoms with E-state index in [4.69, 9.17) is 4.42 Å². The van der Waals surface area contributed by atoms with Crippen LogP contribution in [0.1, 0.15) is 54.5 Å². The molecule has 1 N–H and O–H groups in total. The van der Waals surface area contributed by atoms with Crippen molar-refractivity contribution in [3.8, 4) is 0 Å². The number of carbonyl (C=O) groups excluding carboxylic acids is 3. The molecule has 25 heavy (non-hydrogen) atoms. The highest BCUT2D eigenvalue weighted by Gasteiger charge is 2.27. The summed E-state index contributed by atoms with van der Waals surface area (Å²) in [7, 11) is 1.31. The van der Waals surface area contributed by atoms with Gasteiger partial charge in [0, 0.05) is 25.4 Å². The molecule has 1 saturated heterocycles. The summed E-state index contributed by atoms with van der Waals surface area (Å²) in [6, 6.07) is 1.59. The number of piperidine rings is 1. The van der Waals surface area contributed by atoms with Gasteiger partial charge in [0.1, 0.15) is 17.1 Å². The zero-order chi connectivity index (χ0) is 18.4. The number of carbonyl (C=O) groups is 3. The van der Waals surface area contributed by atoms with Crippen molar-refractivity contribution in [2.24, 2.45) is 5.92 Å². The molecule has 0 spiro atoms. The molecule has 2 heterocycles. The molecule has 1 fully saturated rings. The van der Waals surface area contributed by atoms with E-state index in [1.165, 1.54) is 7.11 Å². The van der Waals surface area contributed by atoms with Gasteiger partial charge >= 0.3 is 5.97 Å². The maximum atomic E-state index is 12.3. The van der Waals surface area contributed by atoms with E-state index in [1.54, 1.807) is 13.0 Å². The maximum Gasteiger partial charge on any atom is 0.341 e. The number of methoxy groups -OCH3 is 1. The van der Waals surface area contributed by atoms with Gasteiger partial charge in [0.2, 0.25) is 11.8 Å². The standard InChI is InChI=1S/C18H26N2O5/c1-4-5-16(21)20-8-6-13(7-9-20)17(22)19-11-14-10-15(12(2)25-14)18(23)24-3/h10,13H,4-9,11H2,1-3H3,(H,19,22). The van der Waals surface area contributed by atoms with Crippen molar-refractivity contribution in [1.82, 2.24) is 10.2 Å². The monoisotopic (exact) mass is 350 g/mol. The lowest BCUT2D eigenvalue weighted by Crippen LogP contribution is -2.42. The van der Waals surface area contributed by atoms with Gasteiger partial charge in [0.25, 0.3) is 0 Å². The zero-order valence-electron chi connectivity index (χ0n) is 15.1. The SMILES string of the molecule is CCCC(=O)N1CCC(C(=O)NCc2cc(C(=O)OC)c(C)o2)CC1. The highest BCUT2D eigenvalue weighted by atomic mass is 16.5. The third-order valence-electron chi connectivity index (χ3n) is 4.49. The molecule has 0 saturated carbocycles. The van der Waals surface area contributed by atoms with Crippen LogP contribution >= 0.6 is 0 Å². The summed E-state index contributed by atoms with van der Waals surface area (Å²) >= 11 is 0. The molecule has 1 aliphatic rings. The van der Waals surface area contributed by atoms with E-state index in [-0.39, 0.29) is 24.3 Å². The summed E-state index contributed by atoms with van der Waals surface area (Å²) in [5, 5.41) is 2.85. The number of amides is 2. The number of ether oxygens (including phenoxy) is 1. The Bertz CT molecular complexity index is 629. The second-order valence-corrected chi connectivity index (χ2v) is 6.30. The van der Waals surface area contributed by atoms with E-state index in [0.29, 0.717) is 49.4 Å². The van der Waals surface area contributed by atoms with E-state index in [2.05, 4.69) is 10.1 Å². The van der Waals surface area contributed by atoms with Crippen LogP contribution in [0.3, 0.4) is 0 Å². The molecule has 138 valence electrons. The zero-order valence-corrected chi connectivity index (χ0v) is 15.1. The van der Waals surface area contributed by atoms with Gasteiger partial charge in [-0.15, -0.1) is 0 Å². The lowest BCUT2D eigenvalue weighted by atomic mass is 9.95.